The standard InChI is InChI=1S/C17H17N3O2/c1-12-6-8-13(9-7-12)17-16(11-21)18-19-20(17)14-4-3-5-15(10-14)22-2/h3-10,21H,11H2,1-2H3. The van der Waals surface area contributed by atoms with Gasteiger partial charge in [-0.3, -0.25) is 0 Å². The second kappa shape index (κ2) is 5.99. The molecular weight excluding hydrogens is 278 g/mol. The van der Waals surface area contributed by atoms with Gasteiger partial charge in [0.05, 0.1) is 19.4 Å². The van der Waals surface area contributed by atoms with E-state index in [0.29, 0.717) is 5.69 Å². The summed E-state index contributed by atoms with van der Waals surface area (Å²) in [4.78, 5) is 0. The first-order valence-electron chi connectivity index (χ1n) is 7.00. The van der Waals surface area contributed by atoms with Gasteiger partial charge in [0.15, 0.2) is 0 Å². The Bertz CT molecular complexity index is 779. The van der Waals surface area contributed by atoms with Gasteiger partial charge in [0.1, 0.15) is 17.1 Å². The van der Waals surface area contributed by atoms with Gasteiger partial charge in [-0.1, -0.05) is 41.1 Å². The molecule has 3 aromatic rings. The molecule has 0 saturated carbocycles. The van der Waals surface area contributed by atoms with E-state index in [2.05, 4.69) is 10.3 Å². The molecule has 0 radical (unpaired) electrons. The summed E-state index contributed by atoms with van der Waals surface area (Å²) in [7, 11) is 1.63. The molecule has 22 heavy (non-hydrogen) atoms. The smallest absolute Gasteiger partial charge is 0.121 e. The lowest BCUT2D eigenvalue weighted by atomic mass is 10.1. The Hall–Kier alpha value is -2.66. The normalized spacial score (nSPS) is 10.7. The Morgan fingerprint density at radius 3 is 2.59 bits per heavy atom. The lowest BCUT2D eigenvalue weighted by Crippen LogP contribution is -2.00. The number of ether oxygens (including phenoxy) is 1. The molecule has 0 unspecified atom stereocenters. The van der Waals surface area contributed by atoms with Crippen LogP contribution in [-0.4, -0.2) is 27.2 Å². The van der Waals surface area contributed by atoms with Crippen LogP contribution in [0.15, 0.2) is 48.5 Å². The summed E-state index contributed by atoms with van der Waals surface area (Å²) >= 11 is 0. The number of hydrogen-bond donors (Lipinski definition) is 1. The number of nitrogens with zero attached hydrogens (tertiary/aromatic N) is 3. The van der Waals surface area contributed by atoms with Crippen molar-refractivity contribution in [3.8, 4) is 22.7 Å². The van der Waals surface area contributed by atoms with Crippen LogP contribution in [0.4, 0.5) is 0 Å². The average Bonchev–Trinajstić information content (AvgIpc) is 2.99. The first-order chi connectivity index (χ1) is 10.7. The van der Waals surface area contributed by atoms with Crippen LogP contribution in [0.3, 0.4) is 0 Å². The molecule has 112 valence electrons. The highest BCUT2D eigenvalue weighted by Crippen LogP contribution is 2.27. The zero-order valence-electron chi connectivity index (χ0n) is 12.5. The van der Waals surface area contributed by atoms with E-state index < -0.39 is 0 Å². The summed E-state index contributed by atoms with van der Waals surface area (Å²) in [6.45, 7) is 1.88. The molecule has 0 saturated heterocycles. The van der Waals surface area contributed by atoms with Crippen LogP contribution in [0, 0.1) is 6.92 Å². The third kappa shape index (κ3) is 2.58. The number of hydrogen-bond acceptors (Lipinski definition) is 4. The van der Waals surface area contributed by atoms with Crippen molar-refractivity contribution in [2.75, 3.05) is 7.11 Å². The number of aliphatic hydroxyl groups is 1. The maximum absolute atomic E-state index is 9.55. The number of aliphatic hydroxyl groups excluding tert-OH is 1. The quantitative estimate of drug-likeness (QED) is 0.804. The minimum Gasteiger partial charge on any atom is -0.497 e. The van der Waals surface area contributed by atoms with Crippen molar-refractivity contribution in [3.63, 3.8) is 0 Å². The Morgan fingerprint density at radius 2 is 1.91 bits per heavy atom. The second-order valence-corrected chi connectivity index (χ2v) is 5.02. The lowest BCUT2D eigenvalue weighted by Gasteiger charge is -2.09. The molecule has 0 fully saturated rings. The van der Waals surface area contributed by atoms with E-state index in [9.17, 15) is 5.11 Å². The molecule has 0 aliphatic carbocycles. The van der Waals surface area contributed by atoms with Gasteiger partial charge in [-0.05, 0) is 19.1 Å². The molecule has 1 N–H and O–H groups in total. The summed E-state index contributed by atoms with van der Waals surface area (Å²) in [5.74, 6) is 0.744. The molecule has 0 amide bonds. The molecule has 3 rings (SSSR count). The van der Waals surface area contributed by atoms with Gasteiger partial charge in [0.2, 0.25) is 0 Å². The van der Waals surface area contributed by atoms with Crippen LogP contribution in [0.2, 0.25) is 0 Å². The summed E-state index contributed by atoms with van der Waals surface area (Å²) in [5, 5.41) is 17.8. The van der Waals surface area contributed by atoms with Crippen LogP contribution >= 0.6 is 0 Å². The Kier molecular flexibility index (Phi) is 3.89. The van der Waals surface area contributed by atoms with Crippen molar-refractivity contribution in [2.45, 2.75) is 13.5 Å². The van der Waals surface area contributed by atoms with E-state index in [1.54, 1.807) is 11.8 Å². The largest absolute Gasteiger partial charge is 0.497 e. The topological polar surface area (TPSA) is 60.2 Å². The van der Waals surface area contributed by atoms with Crippen LogP contribution in [0.25, 0.3) is 16.9 Å². The van der Waals surface area contributed by atoms with Crippen LogP contribution in [-0.2, 0) is 6.61 Å². The van der Waals surface area contributed by atoms with E-state index in [4.69, 9.17) is 4.74 Å². The minimum absolute atomic E-state index is 0.160. The Morgan fingerprint density at radius 1 is 1.14 bits per heavy atom. The van der Waals surface area contributed by atoms with Gasteiger partial charge in [-0.15, -0.1) is 5.10 Å². The molecule has 0 aliphatic heterocycles. The second-order valence-electron chi connectivity index (χ2n) is 5.02. The average molecular weight is 295 g/mol. The zero-order chi connectivity index (χ0) is 15.5. The van der Waals surface area contributed by atoms with Crippen molar-refractivity contribution in [1.29, 1.82) is 0 Å². The Labute approximate surface area is 128 Å². The third-order valence-electron chi connectivity index (χ3n) is 3.51. The molecule has 0 spiro atoms. The fraction of sp³-hybridized carbons (Fsp3) is 0.176. The maximum atomic E-state index is 9.55. The molecule has 5 nitrogen and oxygen atoms in total. The van der Waals surface area contributed by atoms with Crippen molar-refractivity contribution < 1.29 is 9.84 Å². The highest BCUT2D eigenvalue weighted by atomic mass is 16.5. The van der Waals surface area contributed by atoms with Gasteiger partial charge < -0.3 is 9.84 Å². The minimum atomic E-state index is -0.160. The molecule has 0 bridgehead atoms. The van der Waals surface area contributed by atoms with Crippen molar-refractivity contribution in [1.82, 2.24) is 15.0 Å². The molecule has 0 aliphatic rings. The monoisotopic (exact) mass is 295 g/mol. The van der Waals surface area contributed by atoms with E-state index in [-0.39, 0.29) is 6.61 Å². The van der Waals surface area contributed by atoms with Crippen LogP contribution < -0.4 is 4.74 Å². The van der Waals surface area contributed by atoms with Crippen LogP contribution in [0.1, 0.15) is 11.3 Å². The molecule has 0 atom stereocenters. The van der Waals surface area contributed by atoms with Crippen molar-refractivity contribution in [3.05, 3.63) is 59.8 Å². The molecule has 1 heterocycles. The molecule has 5 heteroatoms. The summed E-state index contributed by atoms with van der Waals surface area (Å²) in [6, 6.07) is 15.6. The van der Waals surface area contributed by atoms with E-state index in [0.717, 1.165) is 22.7 Å². The number of aromatic nitrogens is 3. The van der Waals surface area contributed by atoms with E-state index in [1.165, 1.54) is 5.56 Å². The predicted molar refractivity (Wildman–Crippen MR) is 84.0 cm³/mol. The van der Waals surface area contributed by atoms with E-state index in [1.807, 2.05) is 55.5 Å². The van der Waals surface area contributed by atoms with Gasteiger partial charge in [-0.2, -0.15) is 0 Å². The number of rotatable bonds is 4. The maximum Gasteiger partial charge on any atom is 0.121 e. The molecule has 1 aromatic heterocycles. The van der Waals surface area contributed by atoms with Gasteiger partial charge in [0.25, 0.3) is 0 Å². The number of aryl methyl sites for hydroxylation is 1. The van der Waals surface area contributed by atoms with Crippen molar-refractivity contribution in [2.24, 2.45) is 0 Å². The van der Waals surface area contributed by atoms with E-state index >= 15 is 0 Å². The summed E-state index contributed by atoms with van der Waals surface area (Å²) < 4.78 is 6.98. The highest BCUT2D eigenvalue weighted by molar-refractivity contribution is 5.64. The summed E-state index contributed by atoms with van der Waals surface area (Å²) in [5.41, 5.74) is 4.31. The van der Waals surface area contributed by atoms with Gasteiger partial charge in [0, 0.05) is 11.6 Å². The van der Waals surface area contributed by atoms with Crippen molar-refractivity contribution >= 4 is 0 Å². The first kappa shape index (κ1) is 14.3. The molecule has 2 aromatic carbocycles. The number of methoxy groups -OCH3 is 1. The van der Waals surface area contributed by atoms with Gasteiger partial charge >= 0.3 is 0 Å². The predicted octanol–water partition coefficient (Wildman–Crippen LogP) is 2.74. The number of benzene rings is 2. The highest BCUT2D eigenvalue weighted by Gasteiger charge is 2.15. The fourth-order valence-corrected chi connectivity index (χ4v) is 2.34. The zero-order valence-corrected chi connectivity index (χ0v) is 12.5. The van der Waals surface area contributed by atoms with Crippen LogP contribution in [0.5, 0.6) is 5.75 Å². The fourth-order valence-electron chi connectivity index (χ4n) is 2.34. The summed E-state index contributed by atoms with van der Waals surface area (Å²) in [6.07, 6.45) is 0. The Balaban J connectivity index is 2.16. The SMILES string of the molecule is COc1cccc(-n2nnc(CO)c2-c2ccc(C)cc2)c1. The lowest BCUT2D eigenvalue weighted by molar-refractivity contribution is 0.277. The first-order valence-corrected chi connectivity index (χ1v) is 7.00. The van der Waals surface area contributed by atoms with Gasteiger partial charge in [-0.25, -0.2) is 4.68 Å². The molecular formula is C17H17N3O2. The third-order valence-corrected chi connectivity index (χ3v) is 3.51.